The van der Waals surface area contributed by atoms with E-state index in [2.05, 4.69) is 0 Å². The predicted octanol–water partition coefficient (Wildman–Crippen LogP) is 2.26. The minimum Gasteiger partial charge on any atom is -0.444 e. The van der Waals surface area contributed by atoms with Gasteiger partial charge in [-0.1, -0.05) is 0 Å². The van der Waals surface area contributed by atoms with Crippen molar-refractivity contribution in [2.24, 2.45) is 4.99 Å². The second-order valence-electron chi connectivity index (χ2n) is 7.25. The number of amides is 1. The second-order valence-corrected chi connectivity index (χ2v) is 7.25. The van der Waals surface area contributed by atoms with Gasteiger partial charge in [0.05, 0.1) is 12.6 Å². The summed E-state index contributed by atoms with van der Waals surface area (Å²) in [5, 5.41) is 0. The third-order valence-corrected chi connectivity index (χ3v) is 3.50. The van der Waals surface area contributed by atoms with E-state index in [1.807, 2.05) is 63.7 Å². The standard InChI is InChI=1S/C16H32N4O2/c1-16(2,3)22-15(21)20-11-9-8-10-13(20)12-17-14(18(4)5)19(6)7/h13H,8-12H2,1-7H3. The molecule has 1 unspecified atom stereocenters. The van der Waals surface area contributed by atoms with Gasteiger partial charge in [-0.15, -0.1) is 0 Å². The molecule has 1 amide bonds. The lowest BCUT2D eigenvalue weighted by Crippen LogP contribution is -2.48. The van der Waals surface area contributed by atoms with Crippen molar-refractivity contribution >= 4 is 12.1 Å². The molecule has 1 aliphatic heterocycles. The summed E-state index contributed by atoms with van der Waals surface area (Å²) < 4.78 is 5.53. The summed E-state index contributed by atoms with van der Waals surface area (Å²) in [5.74, 6) is 0.912. The van der Waals surface area contributed by atoms with Crippen LogP contribution in [-0.4, -0.2) is 79.7 Å². The zero-order chi connectivity index (χ0) is 16.9. The summed E-state index contributed by atoms with van der Waals surface area (Å²) in [6.07, 6.45) is 2.94. The minimum absolute atomic E-state index is 0.124. The summed E-state index contributed by atoms with van der Waals surface area (Å²) in [4.78, 5) is 22.9. The van der Waals surface area contributed by atoms with E-state index in [0.717, 1.165) is 31.8 Å². The molecule has 0 bridgehead atoms. The normalized spacial score (nSPS) is 18.7. The number of piperidine rings is 1. The molecule has 128 valence electrons. The van der Waals surface area contributed by atoms with Crippen molar-refractivity contribution in [1.82, 2.24) is 14.7 Å². The monoisotopic (exact) mass is 312 g/mol. The van der Waals surface area contributed by atoms with E-state index in [4.69, 9.17) is 9.73 Å². The molecule has 0 saturated carbocycles. The van der Waals surface area contributed by atoms with Crippen molar-refractivity contribution in [3.8, 4) is 0 Å². The molecule has 0 aromatic rings. The number of nitrogens with zero attached hydrogens (tertiary/aromatic N) is 4. The van der Waals surface area contributed by atoms with Crippen molar-refractivity contribution < 1.29 is 9.53 Å². The maximum Gasteiger partial charge on any atom is 0.410 e. The number of aliphatic imine (C=N–C) groups is 1. The Morgan fingerprint density at radius 3 is 2.27 bits per heavy atom. The first-order valence-corrected chi connectivity index (χ1v) is 8.00. The lowest BCUT2D eigenvalue weighted by molar-refractivity contribution is 0.0109. The molecule has 22 heavy (non-hydrogen) atoms. The molecule has 1 saturated heterocycles. The van der Waals surface area contributed by atoms with E-state index in [9.17, 15) is 4.79 Å². The molecule has 0 N–H and O–H groups in total. The number of hydrogen-bond acceptors (Lipinski definition) is 3. The van der Waals surface area contributed by atoms with Crippen molar-refractivity contribution in [2.75, 3.05) is 41.3 Å². The van der Waals surface area contributed by atoms with E-state index in [-0.39, 0.29) is 12.1 Å². The van der Waals surface area contributed by atoms with Gasteiger partial charge in [-0.2, -0.15) is 0 Å². The van der Waals surface area contributed by atoms with E-state index >= 15 is 0 Å². The number of guanidine groups is 1. The maximum atomic E-state index is 12.4. The Morgan fingerprint density at radius 1 is 1.18 bits per heavy atom. The van der Waals surface area contributed by atoms with Crippen molar-refractivity contribution in [3.63, 3.8) is 0 Å². The SMILES string of the molecule is CN(C)C(=NCC1CCCCN1C(=O)OC(C)(C)C)N(C)C. The Balaban J connectivity index is 2.77. The topological polar surface area (TPSA) is 48.4 Å². The Bertz CT molecular complexity index is 389. The van der Waals surface area contributed by atoms with Crippen LogP contribution in [0.15, 0.2) is 4.99 Å². The first-order valence-electron chi connectivity index (χ1n) is 8.00. The van der Waals surface area contributed by atoms with Crippen molar-refractivity contribution in [1.29, 1.82) is 0 Å². The lowest BCUT2D eigenvalue weighted by atomic mass is 10.0. The van der Waals surface area contributed by atoms with Gasteiger partial charge in [0.25, 0.3) is 0 Å². The average Bonchev–Trinajstić information content (AvgIpc) is 2.36. The first kappa shape index (κ1) is 18.6. The summed E-state index contributed by atoms with van der Waals surface area (Å²) in [6, 6.07) is 0.124. The van der Waals surface area contributed by atoms with E-state index in [0.29, 0.717) is 6.54 Å². The lowest BCUT2D eigenvalue weighted by Gasteiger charge is -2.36. The zero-order valence-electron chi connectivity index (χ0n) is 15.2. The van der Waals surface area contributed by atoms with Crippen LogP contribution in [-0.2, 0) is 4.74 Å². The zero-order valence-corrected chi connectivity index (χ0v) is 15.2. The first-order chi connectivity index (χ1) is 10.1. The van der Waals surface area contributed by atoms with Gasteiger partial charge in [0, 0.05) is 34.7 Å². The highest BCUT2D eigenvalue weighted by molar-refractivity contribution is 5.79. The van der Waals surface area contributed by atoms with E-state index in [1.54, 1.807) is 0 Å². The van der Waals surface area contributed by atoms with Gasteiger partial charge in [-0.25, -0.2) is 4.79 Å². The average molecular weight is 312 g/mol. The molecule has 0 radical (unpaired) electrons. The van der Waals surface area contributed by atoms with Crippen LogP contribution >= 0.6 is 0 Å². The molecule has 1 atom stereocenters. The number of carbonyl (C=O) groups excluding carboxylic acids is 1. The van der Waals surface area contributed by atoms with Crippen LogP contribution in [0.1, 0.15) is 40.0 Å². The summed E-state index contributed by atoms with van der Waals surface area (Å²) in [6.45, 7) is 7.08. The molecule has 0 aromatic heterocycles. The van der Waals surface area contributed by atoms with Crippen molar-refractivity contribution in [2.45, 2.75) is 51.7 Å². The largest absolute Gasteiger partial charge is 0.444 e. The summed E-state index contributed by atoms with van der Waals surface area (Å²) >= 11 is 0. The molecular weight excluding hydrogens is 280 g/mol. The number of likely N-dealkylation sites (tertiary alicyclic amines) is 1. The smallest absolute Gasteiger partial charge is 0.410 e. The van der Waals surface area contributed by atoms with Crippen LogP contribution in [0.2, 0.25) is 0 Å². The quantitative estimate of drug-likeness (QED) is 0.580. The van der Waals surface area contributed by atoms with Gasteiger partial charge in [0.1, 0.15) is 5.60 Å². The van der Waals surface area contributed by atoms with Crippen LogP contribution in [0, 0.1) is 0 Å². The fraction of sp³-hybridized carbons (Fsp3) is 0.875. The predicted molar refractivity (Wildman–Crippen MR) is 90.3 cm³/mol. The number of rotatable bonds is 2. The van der Waals surface area contributed by atoms with Gasteiger partial charge in [-0.05, 0) is 40.0 Å². The molecule has 0 spiro atoms. The third-order valence-electron chi connectivity index (χ3n) is 3.50. The second kappa shape index (κ2) is 7.70. The van der Waals surface area contributed by atoms with Crippen LogP contribution in [0.4, 0.5) is 4.79 Å². The molecule has 0 aliphatic carbocycles. The number of ether oxygens (including phenoxy) is 1. The van der Waals surface area contributed by atoms with Crippen LogP contribution in [0.5, 0.6) is 0 Å². The molecule has 0 aromatic carbocycles. The highest BCUT2D eigenvalue weighted by Gasteiger charge is 2.30. The van der Waals surface area contributed by atoms with Crippen LogP contribution in [0.3, 0.4) is 0 Å². The fourth-order valence-electron chi connectivity index (χ4n) is 2.62. The highest BCUT2D eigenvalue weighted by atomic mass is 16.6. The molecule has 1 fully saturated rings. The molecular formula is C16H32N4O2. The van der Waals surface area contributed by atoms with E-state index in [1.165, 1.54) is 0 Å². The van der Waals surface area contributed by atoms with Gasteiger partial charge in [0.15, 0.2) is 5.96 Å². The van der Waals surface area contributed by atoms with Crippen LogP contribution in [0.25, 0.3) is 0 Å². The molecule has 6 heteroatoms. The van der Waals surface area contributed by atoms with Crippen LogP contribution < -0.4 is 0 Å². The molecule has 6 nitrogen and oxygen atoms in total. The van der Waals surface area contributed by atoms with Gasteiger partial charge < -0.3 is 19.4 Å². The van der Waals surface area contributed by atoms with Gasteiger partial charge in [-0.3, -0.25) is 4.99 Å². The Morgan fingerprint density at radius 2 is 1.77 bits per heavy atom. The number of carbonyl (C=O) groups is 1. The van der Waals surface area contributed by atoms with Gasteiger partial charge in [0.2, 0.25) is 0 Å². The molecule has 1 aliphatic rings. The molecule has 1 heterocycles. The van der Waals surface area contributed by atoms with E-state index < -0.39 is 5.60 Å². The third kappa shape index (κ3) is 5.73. The number of hydrogen-bond donors (Lipinski definition) is 0. The van der Waals surface area contributed by atoms with Crippen molar-refractivity contribution in [3.05, 3.63) is 0 Å². The Labute approximate surface area is 135 Å². The maximum absolute atomic E-state index is 12.4. The Kier molecular flexibility index (Phi) is 6.50. The Hall–Kier alpha value is -1.46. The summed E-state index contributed by atoms with van der Waals surface area (Å²) in [5.41, 5.74) is -0.458. The minimum atomic E-state index is -0.458. The fourth-order valence-corrected chi connectivity index (χ4v) is 2.62. The summed E-state index contributed by atoms with van der Waals surface area (Å²) in [7, 11) is 7.91. The van der Waals surface area contributed by atoms with Gasteiger partial charge >= 0.3 is 6.09 Å². The molecule has 1 rings (SSSR count). The highest BCUT2D eigenvalue weighted by Crippen LogP contribution is 2.20.